The maximum Gasteiger partial charge on any atom is 0.326 e. The van der Waals surface area contributed by atoms with E-state index in [2.05, 4.69) is 6.58 Å². The Hall–Kier alpha value is -0.990. The highest BCUT2D eigenvalue weighted by atomic mass is 16.4. The van der Waals surface area contributed by atoms with Gasteiger partial charge in [0.05, 0.1) is 0 Å². The Bertz CT molecular complexity index is 166. The Labute approximate surface area is 73.7 Å². The first-order valence-corrected chi connectivity index (χ1v) is 4.06. The van der Waals surface area contributed by atoms with Crippen molar-refractivity contribution < 1.29 is 9.90 Å². The van der Waals surface area contributed by atoms with Crippen LogP contribution >= 0.6 is 0 Å². The first-order valence-electron chi connectivity index (χ1n) is 4.06. The summed E-state index contributed by atoms with van der Waals surface area (Å²) in [4.78, 5) is 12.4. The fourth-order valence-corrected chi connectivity index (χ4v) is 1.02. The number of likely N-dealkylation sites (N-methyl/N-ethyl adjacent to an activating group) is 1. The summed E-state index contributed by atoms with van der Waals surface area (Å²) in [6.07, 6.45) is 2.19. The Morgan fingerprint density at radius 1 is 1.67 bits per heavy atom. The minimum Gasteiger partial charge on any atom is -0.480 e. The van der Waals surface area contributed by atoms with Crippen molar-refractivity contribution in [2.45, 2.75) is 26.3 Å². The van der Waals surface area contributed by atoms with Crippen LogP contribution in [-0.2, 0) is 4.79 Å². The average Bonchev–Trinajstić information content (AvgIpc) is 1.98. The zero-order chi connectivity index (χ0) is 9.72. The SMILES string of the molecule is C=CN(C)[C@@H](CC(C)C)C(=O)O. The molecule has 0 unspecified atom stereocenters. The largest absolute Gasteiger partial charge is 0.480 e. The van der Waals surface area contributed by atoms with Crippen LogP contribution in [0.4, 0.5) is 0 Å². The normalized spacial score (nSPS) is 12.7. The van der Waals surface area contributed by atoms with Crippen molar-refractivity contribution in [3.8, 4) is 0 Å². The summed E-state index contributed by atoms with van der Waals surface area (Å²) in [6, 6.07) is -0.442. The smallest absolute Gasteiger partial charge is 0.326 e. The van der Waals surface area contributed by atoms with Crippen molar-refractivity contribution in [1.29, 1.82) is 0 Å². The van der Waals surface area contributed by atoms with Gasteiger partial charge in [0.25, 0.3) is 0 Å². The van der Waals surface area contributed by atoms with Gasteiger partial charge in [0.1, 0.15) is 6.04 Å². The molecule has 0 saturated heterocycles. The quantitative estimate of drug-likeness (QED) is 0.682. The second-order valence-corrected chi connectivity index (χ2v) is 3.33. The molecule has 12 heavy (non-hydrogen) atoms. The van der Waals surface area contributed by atoms with E-state index in [1.807, 2.05) is 13.8 Å². The molecule has 0 radical (unpaired) electrons. The fraction of sp³-hybridized carbons (Fsp3) is 0.667. The van der Waals surface area contributed by atoms with E-state index in [-0.39, 0.29) is 0 Å². The highest BCUT2D eigenvalue weighted by Crippen LogP contribution is 2.10. The van der Waals surface area contributed by atoms with Gasteiger partial charge in [-0.05, 0) is 18.5 Å². The molecule has 0 aliphatic heterocycles. The number of carbonyl (C=O) groups is 1. The maximum absolute atomic E-state index is 10.7. The van der Waals surface area contributed by atoms with Crippen LogP contribution in [0.1, 0.15) is 20.3 Å². The van der Waals surface area contributed by atoms with Gasteiger partial charge in [-0.1, -0.05) is 20.4 Å². The van der Waals surface area contributed by atoms with Crippen molar-refractivity contribution in [3.63, 3.8) is 0 Å². The molecule has 0 aromatic heterocycles. The van der Waals surface area contributed by atoms with E-state index in [4.69, 9.17) is 5.11 Å². The lowest BCUT2D eigenvalue weighted by Crippen LogP contribution is -2.35. The van der Waals surface area contributed by atoms with Gasteiger partial charge in [0.2, 0.25) is 0 Å². The zero-order valence-electron chi connectivity index (χ0n) is 7.95. The molecule has 0 aliphatic rings. The third-order valence-electron chi connectivity index (χ3n) is 1.76. The van der Waals surface area contributed by atoms with Gasteiger partial charge in [0.15, 0.2) is 0 Å². The summed E-state index contributed by atoms with van der Waals surface area (Å²) >= 11 is 0. The maximum atomic E-state index is 10.7. The number of hydrogen-bond acceptors (Lipinski definition) is 2. The molecule has 1 N–H and O–H groups in total. The van der Waals surface area contributed by atoms with Crippen molar-refractivity contribution in [2.75, 3.05) is 7.05 Å². The highest BCUT2D eigenvalue weighted by molar-refractivity contribution is 5.73. The van der Waals surface area contributed by atoms with Crippen molar-refractivity contribution in [3.05, 3.63) is 12.8 Å². The van der Waals surface area contributed by atoms with Gasteiger partial charge in [-0.15, -0.1) is 0 Å². The van der Waals surface area contributed by atoms with Crippen LogP contribution in [0.15, 0.2) is 12.8 Å². The van der Waals surface area contributed by atoms with Gasteiger partial charge in [-0.25, -0.2) is 4.79 Å². The molecule has 0 aliphatic carbocycles. The van der Waals surface area contributed by atoms with E-state index in [1.54, 1.807) is 18.1 Å². The molecule has 0 spiro atoms. The van der Waals surface area contributed by atoms with E-state index < -0.39 is 12.0 Å². The van der Waals surface area contributed by atoms with Crippen LogP contribution < -0.4 is 0 Å². The van der Waals surface area contributed by atoms with Gasteiger partial charge in [0, 0.05) is 7.05 Å². The molecule has 0 aromatic rings. The van der Waals surface area contributed by atoms with Gasteiger partial charge >= 0.3 is 5.97 Å². The van der Waals surface area contributed by atoms with Crippen molar-refractivity contribution in [1.82, 2.24) is 4.90 Å². The lowest BCUT2D eigenvalue weighted by molar-refractivity contribution is -0.142. The Morgan fingerprint density at radius 3 is 2.42 bits per heavy atom. The van der Waals surface area contributed by atoms with Crippen LogP contribution in [0.25, 0.3) is 0 Å². The highest BCUT2D eigenvalue weighted by Gasteiger charge is 2.20. The summed E-state index contributed by atoms with van der Waals surface area (Å²) in [5.41, 5.74) is 0. The third kappa shape index (κ3) is 3.42. The molecule has 0 saturated carbocycles. The van der Waals surface area contributed by atoms with Gasteiger partial charge < -0.3 is 10.0 Å². The number of aliphatic carboxylic acids is 1. The molecule has 0 fully saturated rings. The first-order chi connectivity index (χ1) is 5.49. The molecule has 0 rings (SSSR count). The number of carboxylic acid groups (broad SMARTS) is 1. The molecule has 0 heterocycles. The van der Waals surface area contributed by atoms with Gasteiger partial charge in [-0.3, -0.25) is 0 Å². The Balaban J connectivity index is 4.22. The Morgan fingerprint density at radius 2 is 2.17 bits per heavy atom. The van der Waals surface area contributed by atoms with Crippen LogP contribution in [0.3, 0.4) is 0 Å². The number of hydrogen-bond donors (Lipinski definition) is 1. The minimum absolute atomic E-state index is 0.383. The van der Waals surface area contributed by atoms with Crippen molar-refractivity contribution in [2.24, 2.45) is 5.92 Å². The predicted octanol–water partition coefficient (Wildman–Crippen LogP) is 1.56. The standard InChI is InChI=1S/C9H17NO2/c1-5-10(4)8(9(11)12)6-7(2)3/h5,7-8H,1,6H2,2-4H3,(H,11,12)/t8-/m0/s1. The Kier molecular flexibility index (Phi) is 4.40. The zero-order valence-corrected chi connectivity index (χ0v) is 7.95. The summed E-state index contributed by atoms with van der Waals surface area (Å²) in [5.74, 6) is -0.403. The topological polar surface area (TPSA) is 40.5 Å². The molecule has 0 bridgehead atoms. The minimum atomic E-state index is -0.786. The average molecular weight is 171 g/mol. The fourth-order valence-electron chi connectivity index (χ4n) is 1.02. The molecule has 0 aromatic carbocycles. The van der Waals surface area contributed by atoms with E-state index in [1.165, 1.54) is 0 Å². The third-order valence-corrected chi connectivity index (χ3v) is 1.76. The van der Waals surface area contributed by atoms with Gasteiger partial charge in [-0.2, -0.15) is 0 Å². The second kappa shape index (κ2) is 4.80. The first kappa shape index (κ1) is 11.0. The van der Waals surface area contributed by atoms with Crippen LogP contribution in [0, 0.1) is 5.92 Å². The monoisotopic (exact) mass is 171 g/mol. The summed E-state index contributed by atoms with van der Waals surface area (Å²) in [7, 11) is 1.73. The number of rotatable bonds is 5. The summed E-state index contributed by atoms with van der Waals surface area (Å²) in [6.45, 7) is 7.55. The molecule has 70 valence electrons. The summed E-state index contributed by atoms with van der Waals surface area (Å²) in [5, 5.41) is 8.83. The molecule has 1 atom stereocenters. The van der Waals surface area contributed by atoms with E-state index in [0.29, 0.717) is 12.3 Å². The summed E-state index contributed by atoms with van der Waals surface area (Å²) < 4.78 is 0. The number of carboxylic acids is 1. The molecular formula is C9H17NO2. The van der Waals surface area contributed by atoms with Crippen molar-refractivity contribution >= 4 is 5.97 Å². The molecule has 3 nitrogen and oxygen atoms in total. The van der Waals surface area contributed by atoms with E-state index >= 15 is 0 Å². The molecule has 3 heteroatoms. The van der Waals surface area contributed by atoms with Crippen LogP contribution in [0.5, 0.6) is 0 Å². The van der Waals surface area contributed by atoms with E-state index in [9.17, 15) is 4.79 Å². The lowest BCUT2D eigenvalue weighted by atomic mass is 10.0. The number of nitrogens with zero attached hydrogens (tertiary/aromatic N) is 1. The predicted molar refractivity (Wildman–Crippen MR) is 48.8 cm³/mol. The molecular weight excluding hydrogens is 154 g/mol. The molecule has 0 amide bonds. The van der Waals surface area contributed by atoms with E-state index in [0.717, 1.165) is 0 Å². The van der Waals surface area contributed by atoms with Crippen LogP contribution in [0.2, 0.25) is 0 Å². The second-order valence-electron chi connectivity index (χ2n) is 3.33. The lowest BCUT2D eigenvalue weighted by Gasteiger charge is -2.23. The van der Waals surface area contributed by atoms with Crippen LogP contribution in [-0.4, -0.2) is 29.1 Å².